The van der Waals surface area contributed by atoms with Crippen LogP contribution < -0.4 is 5.32 Å². The Kier molecular flexibility index (Phi) is 3.54. The van der Waals surface area contributed by atoms with Gasteiger partial charge in [0.2, 0.25) is 0 Å². The zero-order chi connectivity index (χ0) is 13.3. The quantitative estimate of drug-likeness (QED) is 0.897. The molecule has 5 heteroatoms. The second-order valence-corrected chi connectivity index (χ2v) is 5.31. The zero-order valence-corrected chi connectivity index (χ0v) is 11.6. The molecule has 0 aromatic heterocycles. The van der Waals surface area contributed by atoms with Crippen molar-refractivity contribution < 1.29 is 14.7 Å². The van der Waals surface area contributed by atoms with Crippen molar-refractivity contribution in [2.24, 2.45) is 0 Å². The van der Waals surface area contributed by atoms with E-state index in [0.717, 1.165) is 4.47 Å². The number of halogens is 1. The van der Waals surface area contributed by atoms with Gasteiger partial charge < -0.3 is 10.4 Å². The maximum atomic E-state index is 11.9. The summed E-state index contributed by atoms with van der Waals surface area (Å²) in [5, 5.41) is 13.1. The molecule has 1 aromatic rings. The van der Waals surface area contributed by atoms with Crippen LogP contribution in [0.3, 0.4) is 0 Å². The number of hydrogen-bond donors (Lipinski definition) is 2. The maximum absolute atomic E-state index is 11.9. The first-order valence-corrected chi connectivity index (χ1v) is 6.62. The van der Waals surface area contributed by atoms with Crippen molar-refractivity contribution in [3.8, 4) is 0 Å². The van der Waals surface area contributed by atoms with Gasteiger partial charge in [-0.1, -0.05) is 22.9 Å². The summed E-state index contributed by atoms with van der Waals surface area (Å²) in [6.07, 6.45) is 0.740. The number of nitrogens with one attached hydrogen (secondary N) is 1. The number of benzene rings is 1. The van der Waals surface area contributed by atoms with Gasteiger partial charge >= 0.3 is 0 Å². The van der Waals surface area contributed by atoms with E-state index in [9.17, 15) is 14.7 Å². The number of anilines is 1. The SMILES string of the molecule is CCC(=O)CC[C@@]1(O)C(=O)Nc2ccc(Br)cc21. The number of ketones is 1. The van der Waals surface area contributed by atoms with Crippen LogP contribution in [0, 0.1) is 0 Å². The Balaban J connectivity index is 2.30. The lowest BCUT2D eigenvalue weighted by Crippen LogP contribution is -2.34. The third-order valence-electron chi connectivity index (χ3n) is 3.21. The topological polar surface area (TPSA) is 66.4 Å². The van der Waals surface area contributed by atoms with Gasteiger partial charge in [0.15, 0.2) is 5.60 Å². The molecule has 1 aromatic carbocycles. The summed E-state index contributed by atoms with van der Waals surface area (Å²) in [7, 11) is 0. The first kappa shape index (κ1) is 13.2. The Hall–Kier alpha value is -1.20. The smallest absolute Gasteiger partial charge is 0.261 e. The second kappa shape index (κ2) is 4.82. The highest BCUT2D eigenvalue weighted by Crippen LogP contribution is 2.40. The fraction of sp³-hybridized carbons (Fsp3) is 0.385. The number of rotatable bonds is 4. The molecule has 1 amide bonds. The van der Waals surface area contributed by atoms with Crippen LogP contribution in [0.2, 0.25) is 0 Å². The Morgan fingerprint density at radius 2 is 2.22 bits per heavy atom. The van der Waals surface area contributed by atoms with Crippen LogP contribution >= 0.6 is 15.9 Å². The van der Waals surface area contributed by atoms with E-state index in [0.29, 0.717) is 17.7 Å². The predicted molar refractivity (Wildman–Crippen MR) is 71.2 cm³/mol. The van der Waals surface area contributed by atoms with Crippen molar-refractivity contribution in [2.75, 3.05) is 5.32 Å². The van der Waals surface area contributed by atoms with Crippen molar-refractivity contribution in [2.45, 2.75) is 31.8 Å². The van der Waals surface area contributed by atoms with Gasteiger partial charge in [-0.15, -0.1) is 0 Å². The number of hydrogen-bond acceptors (Lipinski definition) is 3. The van der Waals surface area contributed by atoms with Crippen molar-refractivity contribution in [1.82, 2.24) is 0 Å². The molecular formula is C13H14BrNO3. The monoisotopic (exact) mass is 311 g/mol. The lowest BCUT2D eigenvalue weighted by atomic mass is 9.89. The van der Waals surface area contributed by atoms with Gasteiger partial charge in [-0.25, -0.2) is 0 Å². The van der Waals surface area contributed by atoms with Crippen LogP contribution in [0.25, 0.3) is 0 Å². The van der Waals surface area contributed by atoms with E-state index in [4.69, 9.17) is 0 Å². The lowest BCUT2D eigenvalue weighted by Gasteiger charge is -2.20. The third-order valence-corrected chi connectivity index (χ3v) is 3.70. The summed E-state index contributed by atoms with van der Waals surface area (Å²) in [6, 6.07) is 5.24. The van der Waals surface area contributed by atoms with Crippen LogP contribution in [-0.4, -0.2) is 16.8 Å². The number of carbonyl (C=O) groups excluding carboxylic acids is 2. The van der Waals surface area contributed by atoms with Crippen molar-refractivity contribution in [1.29, 1.82) is 0 Å². The normalized spacial score (nSPS) is 21.6. The van der Waals surface area contributed by atoms with E-state index < -0.39 is 11.5 Å². The van der Waals surface area contributed by atoms with Gasteiger partial charge in [-0.05, 0) is 24.6 Å². The molecule has 0 spiro atoms. The minimum absolute atomic E-state index is 0.0414. The summed E-state index contributed by atoms with van der Waals surface area (Å²) in [4.78, 5) is 23.2. The van der Waals surface area contributed by atoms with E-state index >= 15 is 0 Å². The first-order chi connectivity index (χ1) is 8.47. The minimum Gasteiger partial charge on any atom is -0.375 e. The van der Waals surface area contributed by atoms with Crippen molar-refractivity contribution in [3.05, 3.63) is 28.2 Å². The Labute approximate surface area is 114 Å². The Morgan fingerprint density at radius 3 is 2.89 bits per heavy atom. The van der Waals surface area contributed by atoms with Crippen LogP contribution in [0.1, 0.15) is 31.7 Å². The summed E-state index contributed by atoms with van der Waals surface area (Å²) in [5.74, 6) is -0.417. The largest absolute Gasteiger partial charge is 0.375 e. The van der Waals surface area contributed by atoms with Crippen LogP contribution in [-0.2, 0) is 15.2 Å². The molecule has 0 radical (unpaired) electrons. The third kappa shape index (κ3) is 2.20. The molecule has 0 unspecified atom stereocenters. The van der Waals surface area contributed by atoms with Gasteiger partial charge in [-0.3, -0.25) is 9.59 Å². The fourth-order valence-corrected chi connectivity index (χ4v) is 2.42. The predicted octanol–water partition coefficient (Wildman–Crippen LogP) is 2.35. The fourth-order valence-electron chi connectivity index (χ4n) is 2.06. The van der Waals surface area contributed by atoms with Crippen molar-refractivity contribution >= 4 is 33.3 Å². The Bertz CT molecular complexity index is 515. The molecular weight excluding hydrogens is 298 g/mol. The van der Waals surface area contributed by atoms with E-state index in [1.54, 1.807) is 25.1 Å². The molecule has 0 saturated heterocycles. The highest BCUT2D eigenvalue weighted by molar-refractivity contribution is 9.10. The summed E-state index contributed by atoms with van der Waals surface area (Å²) < 4.78 is 0.790. The Morgan fingerprint density at radius 1 is 1.50 bits per heavy atom. The van der Waals surface area contributed by atoms with E-state index in [-0.39, 0.29) is 18.6 Å². The molecule has 18 heavy (non-hydrogen) atoms. The lowest BCUT2D eigenvalue weighted by molar-refractivity contribution is -0.135. The molecule has 2 N–H and O–H groups in total. The molecule has 1 heterocycles. The van der Waals surface area contributed by atoms with Crippen molar-refractivity contribution in [3.63, 3.8) is 0 Å². The van der Waals surface area contributed by atoms with Gasteiger partial charge in [0.25, 0.3) is 5.91 Å². The average Bonchev–Trinajstić information content (AvgIpc) is 2.60. The molecule has 1 atom stereocenters. The molecule has 2 rings (SSSR count). The maximum Gasteiger partial charge on any atom is 0.261 e. The summed E-state index contributed by atoms with van der Waals surface area (Å²) in [6.45, 7) is 1.77. The standard InChI is InChI=1S/C13H14BrNO3/c1-2-9(16)5-6-13(18)10-7-8(14)3-4-11(10)15-12(13)17/h3-4,7,18H,2,5-6H2,1H3,(H,15,17)/t13-/m0/s1. The zero-order valence-electron chi connectivity index (χ0n) is 10.00. The first-order valence-electron chi connectivity index (χ1n) is 5.83. The molecule has 1 aliphatic heterocycles. The molecule has 4 nitrogen and oxygen atoms in total. The van der Waals surface area contributed by atoms with Gasteiger partial charge in [0.1, 0.15) is 5.78 Å². The van der Waals surface area contributed by atoms with E-state index in [1.165, 1.54) is 0 Å². The molecule has 0 fully saturated rings. The van der Waals surface area contributed by atoms with E-state index in [2.05, 4.69) is 21.2 Å². The van der Waals surface area contributed by atoms with Crippen LogP contribution in [0.4, 0.5) is 5.69 Å². The molecule has 0 saturated carbocycles. The number of fused-ring (bicyclic) bond motifs is 1. The number of carbonyl (C=O) groups is 2. The molecule has 1 aliphatic rings. The number of amides is 1. The minimum atomic E-state index is -1.59. The number of aliphatic hydroxyl groups is 1. The average molecular weight is 312 g/mol. The second-order valence-electron chi connectivity index (χ2n) is 4.40. The van der Waals surface area contributed by atoms with E-state index in [1.807, 2.05) is 0 Å². The molecule has 96 valence electrons. The highest BCUT2D eigenvalue weighted by atomic mass is 79.9. The van der Waals surface area contributed by atoms with Crippen LogP contribution in [0.5, 0.6) is 0 Å². The van der Waals surface area contributed by atoms with Gasteiger partial charge in [-0.2, -0.15) is 0 Å². The number of Topliss-reactive ketones (excluding diaryl/α,β-unsaturated/α-hetero) is 1. The summed E-state index contributed by atoms with van der Waals surface area (Å²) >= 11 is 3.31. The van der Waals surface area contributed by atoms with Gasteiger partial charge in [0, 0.05) is 28.6 Å². The highest BCUT2D eigenvalue weighted by Gasteiger charge is 2.45. The molecule has 0 aliphatic carbocycles. The van der Waals surface area contributed by atoms with Crippen LogP contribution in [0.15, 0.2) is 22.7 Å². The summed E-state index contributed by atoms with van der Waals surface area (Å²) in [5.41, 5.74) is -0.454. The van der Waals surface area contributed by atoms with Gasteiger partial charge in [0.05, 0.1) is 0 Å². The molecule has 0 bridgehead atoms.